The molecule has 0 atom stereocenters. The summed E-state index contributed by atoms with van der Waals surface area (Å²) in [6.45, 7) is 0.294. The van der Waals surface area contributed by atoms with Crippen LogP contribution in [-0.4, -0.2) is 37.0 Å². The van der Waals surface area contributed by atoms with E-state index in [1.54, 1.807) is 18.2 Å². The van der Waals surface area contributed by atoms with Gasteiger partial charge in [-0.3, -0.25) is 15.1 Å². The molecule has 0 spiro atoms. The lowest BCUT2D eigenvalue weighted by molar-refractivity contribution is -0.385. The highest BCUT2D eigenvalue weighted by atomic mass is 35.5. The van der Waals surface area contributed by atoms with Crippen molar-refractivity contribution in [3.05, 3.63) is 56.6 Å². The lowest BCUT2D eigenvalue weighted by atomic mass is 10.1. The van der Waals surface area contributed by atoms with Crippen LogP contribution in [0.1, 0.15) is 11.1 Å². The van der Waals surface area contributed by atoms with Crippen molar-refractivity contribution in [3.63, 3.8) is 0 Å². The van der Waals surface area contributed by atoms with E-state index >= 15 is 0 Å². The molecule has 0 heterocycles. The average Bonchev–Trinajstić information content (AvgIpc) is 2.60. The first-order valence-corrected chi connectivity index (χ1v) is 7.71. The van der Waals surface area contributed by atoms with Crippen LogP contribution in [0.4, 0.5) is 5.69 Å². The summed E-state index contributed by atoms with van der Waals surface area (Å²) in [4.78, 5) is 15.0. The highest BCUT2D eigenvalue weighted by Gasteiger charge is 2.18. The van der Waals surface area contributed by atoms with Crippen molar-refractivity contribution >= 4 is 23.5 Å². The fourth-order valence-corrected chi connectivity index (χ4v) is 2.44. The first-order valence-electron chi connectivity index (χ1n) is 7.34. The number of methoxy groups -OCH3 is 2. The number of ether oxygens (including phenoxy) is 2. The van der Waals surface area contributed by atoms with Gasteiger partial charge in [-0.05, 0) is 30.7 Å². The molecule has 0 aliphatic carbocycles. The van der Waals surface area contributed by atoms with Crippen molar-refractivity contribution in [2.75, 3.05) is 20.8 Å². The molecular weight excluding hydrogens is 348 g/mol. The fourth-order valence-electron chi connectivity index (χ4n) is 2.26. The van der Waals surface area contributed by atoms with Crippen molar-refractivity contribution < 1.29 is 19.5 Å². The number of benzene rings is 2. The molecule has 0 radical (unpaired) electrons. The van der Waals surface area contributed by atoms with Crippen LogP contribution in [0.25, 0.3) is 0 Å². The molecule has 2 rings (SSSR count). The van der Waals surface area contributed by atoms with Crippen LogP contribution in [-0.2, 0) is 6.42 Å². The first-order chi connectivity index (χ1) is 12.0. The summed E-state index contributed by atoms with van der Waals surface area (Å²) >= 11 is 5.87. The van der Waals surface area contributed by atoms with E-state index in [1.165, 1.54) is 32.6 Å². The first kappa shape index (κ1) is 18.5. The number of phenolic OH excluding ortho intramolecular Hbond substituents is 1. The van der Waals surface area contributed by atoms with Gasteiger partial charge in [0.05, 0.1) is 25.2 Å². The molecule has 7 nitrogen and oxygen atoms in total. The summed E-state index contributed by atoms with van der Waals surface area (Å²) in [6, 6.07) is 7.54. The monoisotopic (exact) mass is 364 g/mol. The molecule has 2 aromatic rings. The molecule has 132 valence electrons. The molecule has 0 fully saturated rings. The van der Waals surface area contributed by atoms with E-state index in [2.05, 4.69) is 4.99 Å². The molecule has 8 heteroatoms. The van der Waals surface area contributed by atoms with Gasteiger partial charge in [-0.1, -0.05) is 11.6 Å². The zero-order chi connectivity index (χ0) is 18.4. The van der Waals surface area contributed by atoms with E-state index < -0.39 is 4.92 Å². The standard InChI is InChI=1S/C17H17ClN2O5/c1-24-16-8-11(14(20(22)23)9-17(16)25-2)5-6-19-10-12-7-13(18)3-4-15(12)21/h3-4,7-10,21H,5-6H2,1-2H3. The second-order valence-corrected chi connectivity index (χ2v) is 5.52. The Morgan fingerprint density at radius 1 is 1.24 bits per heavy atom. The highest BCUT2D eigenvalue weighted by Crippen LogP contribution is 2.34. The SMILES string of the molecule is COc1cc(CCN=Cc2cc(Cl)ccc2O)c([N+](=O)[O-])cc1OC. The van der Waals surface area contributed by atoms with Gasteiger partial charge in [0, 0.05) is 28.9 Å². The number of nitrogens with zero attached hydrogens (tertiary/aromatic N) is 2. The van der Waals surface area contributed by atoms with Gasteiger partial charge in [0.15, 0.2) is 11.5 Å². The zero-order valence-electron chi connectivity index (χ0n) is 13.7. The quantitative estimate of drug-likeness (QED) is 0.460. The zero-order valence-corrected chi connectivity index (χ0v) is 14.5. The Labute approximate surface area is 149 Å². The second-order valence-electron chi connectivity index (χ2n) is 5.08. The van der Waals surface area contributed by atoms with E-state index in [0.29, 0.717) is 40.6 Å². The van der Waals surface area contributed by atoms with Crippen LogP contribution in [0.15, 0.2) is 35.3 Å². The smallest absolute Gasteiger partial charge is 0.276 e. The minimum Gasteiger partial charge on any atom is -0.507 e. The average molecular weight is 365 g/mol. The molecule has 0 aliphatic heterocycles. The Morgan fingerprint density at radius 3 is 2.56 bits per heavy atom. The van der Waals surface area contributed by atoms with Crippen molar-refractivity contribution in [2.45, 2.75) is 6.42 Å². The second kappa shape index (κ2) is 8.34. The van der Waals surface area contributed by atoms with E-state index in [9.17, 15) is 15.2 Å². The number of halogens is 1. The summed E-state index contributed by atoms with van der Waals surface area (Å²) in [5.41, 5.74) is 0.905. The highest BCUT2D eigenvalue weighted by molar-refractivity contribution is 6.30. The molecule has 25 heavy (non-hydrogen) atoms. The maximum Gasteiger partial charge on any atom is 0.276 e. The molecule has 0 amide bonds. The van der Waals surface area contributed by atoms with E-state index in [-0.39, 0.29) is 11.4 Å². The van der Waals surface area contributed by atoms with E-state index in [1.807, 2.05) is 0 Å². The number of phenols is 1. The number of nitro benzene ring substituents is 1. The molecule has 0 unspecified atom stereocenters. The number of aliphatic imine (C=N–C) groups is 1. The fraction of sp³-hybridized carbons (Fsp3) is 0.235. The van der Waals surface area contributed by atoms with Gasteiger partial charge in [0.1, 0.15) is 5.75 Å². The Kier molecular flexibility index (Phi) is 6.19. The number of nitro groups is 1. The number of hydrogen-bond acceptors (Lipinski definition) is 6. The Hall–Kier alpha value is -2.80. The van der Waals surface area contributed by atoms with Crippen molar-refractivity contribution in [1.82, 2.24) is 0 Å². The lowest BCUT2D eigenvalue weighted by Gasteiger charge is -2.10. The Bertz CT molecular complexity index is 808. The van der Waals surface area contributed by atoms with E-state index in [4.69, 9.17) is 21.1 Å². The van der Waals surface area contributed by atoms with E-state index in [0.717, 1.165) is 0 Å². The molecule has 0 aliphatic rings. The molecule has 0 bridgehead atoms. The maximum atomic E-state index is 11.2. The van der Waals surface area contributed by atoms with Crippen LogP contribution in [0.5, 0.6) is 17.2 Å². The van der Waals surface area contributed by atoms with Crippen molar-refractivity contribution in [3.8, 4) is 17.2 Å². The van der Waals surface area contributed by atoms with Gasteiger partial charge in [-0.15, -0.1) is 0 Å². The van der Waals surface area contributed by atoms with Crippen molar-refractivity contribution in [1.29, 1.82) is 0 Å². The largest absolute Gasteiger partial charge is 0.507 e. The van der Waals surface area contributed by atoms with Crippen LogP contribution in [0, 0.1) is 10.1 Å². The van der Waals surface area contributed by atoms with Gasteiger partial charge in [0.25, 0.3) is 5.69 Å². The molecular formula is C17H17ClN2O5. The summed E-state index contributed by atoms with van der Waals surface area (Å²) in [5.74, 6) is 0.773. The third-order valence-electron chi connectivity index (χ3n) is 3.51. The molecule has 0 saturated carbocycles. The number of aromatic hydroxyl groups is 1. The third kappa shape index (κ3) is 4.60. The number of rotatable bonds is 7. The van der Waals surface area contributed by atoms with Gasteiger partial charge < -0.3 is 14.6 Å². The summed E-state index contributed by atoms with van der Waals surface area (Å²) in [6.07, 6.45) is 1.81. The Balaban J connectivity index is 2.18. The lowest BCUT2D eigenvalue weighted by Crippen LogP contribution is -2.01. The predicted molar refractivity (Wildman–Crippen MR) is 95.5 cm³/mol. The van der Waals surface area contributed by atoms with Gasteiger partial charge in [0.2, 0.25) is 0 Å². The maximum absolute atomic E-state index is 11.2. The minimum atomic E-state index is -0.468. The van der Waals surface area contributed by atoms with Gasteiger partial charge in [-0.2, -0.15) is 0 Å². The molecule has 2 aromatic carbocycles. The third-order valence-corrected chi connectivity index (χ3v) is 3.75. The normalized spacial score (nSPS) is 10.8. The van der Waals surface area contributed by atoms with Gasteiger partial charge in [-0.25, -0.2) is 0 Å². The van der Waals surface area contributed by atoms with Crippen LogP contribution in [0.2, 0.25) is 5.02 Å². The molecule has 0 aromatic heterocycles. The minimum absolute atomic E-state index is 0.0570. The van der Waals surface area contributed by atoms with Crippen LogP contribution >= 0.6 is 11.6 Å². The van der Waals surface area contributed by atoms with Crippen LogP contribution in [0.3, 0.4) is 0 Å². The molecule has 0 saturated heterocycles. The summed E-state index contributed by atoms with van der Waals surface area (Å²) in [7, 11) is 2.89. The summed E-state index contributed by atoms with van der Waals surface area (Å²) in [5, 5.41) is 21.5. The topological polar surface area (TPSA) is 94.2 Å². The molecule has 1 N–H and O–H groups in total. The van der Waals surface area contributed by atoms with Gasteiger partial charge >= 0.3 is 0 Å². The van der Waals surface area contributed by atoms with Crippen molar-refractivity contribution in [2.24, 2.45) is 4.99 Å². The van der Waals surface area contributed by atoms with Crippen LogP contribution < -0.4 is 9.47 Å². The number of hydrogen-bond donors (Lipinski definition) is 1. The Morgan fingerprint density at radius 2 is 1.92 bits per heavy atom. The summed E-state index contributed by atoms with van der Waals surface area (Å²) < 4.78 is 10.3. The predicted octanol–water partition coefficient (Wildman–Crippen LogP) is 3.63.